The second-order valence-electron chi connectivity index (χ2n) is 10.2. The fourth-order valence-electron chi connectivity index (χ4n) is 3.19. The van der Waals surface area contributed by atoms with Gasteiger partial charge < -0.3 is 23.7 Å². The van der Waals surface area contributed by atoms with Crippen LogP contribution in [0.2, 0.25) is 0 Å². The van der Waals surface area contributed by atoms with E-state index in [0.717, 1.165) is 26.5 Å². The lowest BCUT2D eigenvalue weighted by Gasteiger charge is -2.33. The highest BCUT2D eigenvalue weighted by Crippen LogP contribution is 2.46. The second-order valence-corrected chi connectivity index (χ2v) is 11.3. The average molecular weight is 681 g/mol. The van der Waals surface area contributed by atoms with Crippen molar-refractivity contribution in [2.45, 2.75) is 56.7 Å². The largest absolute Gasteiger partial charge is 0.508 e. The van der Waals surface area contributed by atoms with Crippen LogP contribution in [0.1, 0.15) is 44.5 Å². The van der Waals surface area contributed by atoms with Crippen molar-refractivity contribution in [1.82, 2.24) is 0 Å². The molecule has 0 spiro atoms. The number of alkyl halides is 7. The molecule has 2 atom stereocenters. The molecule has 0 radical (unpaired) electrons. The number of rotatable bonds is 15. The number of esters is 3. The van der Waals surface area contributed by atoms with Gasteiger partial charge in [-0.05, 0) is 32.8 Å². The summed E-state index contributed by atoms with van der Waals surface area (Å²) in [5.74, 6) is -20.6. The smallest absolute Gasteiger partial charge is 0.468 e. The molecule has 0 heterocycles. The number of carbonyl (C=O) groups excluding carboxylic acids is 4. The molecule has 42 heavy (non-hydrogen) atoms. The zero-order valence-electron chi connectivity index (χ0n) is 23.3. The van der Waals surface area contributed by atoms with Gasteiger partial charge in [-0.15, -0.1) is 0 Å². The number of benzene rings is 1. The quantitative estimate of drug-likeness (QED) is 0.0969. The summed E-state index contributed by atoms with van der Waals surface area (Å²) >= 11 is 3.34. The molecule has 0 N–H and O–H groups in total. The van der Waals surface area contributed by atoms with Gasteiger partial charge in [-0.3, -0.25) is 14.4 Å². The fraction of sp³-hybridized carbons (Fsp3) is 0.615. The van der Waals surface area contributed by atoms with Gasteiger partial charge in [0.05, 0.1) is 12.5 Å². The molecule has 0 aliphatic heterocycles. The molecule has 16 heteroatoms. The monoisotopic (exact) mass is 680 g/mol. The molecule has 0 fully saturated rings. The van der Waals surface area contributed by atoms with Gasteiger partial charge in [0.1, 0.15) is 18.6 Å². The Labute approximate surface area is 246 Å². The van der Waals surface area contributed by atoms with Crippen LogP contribution >= 0.6 is 15.9 Å². The van der Waals surface area contributed by atoms with E-state index >= 15 is 0 Å². The molecule has 0 saturated carbocycles. The third-order valence-electron chi connectivity index (χ3n) is 5.86. The number of hydrogen-bond donors (Lipinski definition) is 0. The first kappa shape index (κ1) is 37.0. The zero-order chi connectivity index (χ0) is 32.6. The first-order valence-electron chi connectivity index (χ1n) is 12.1. The van der Waals surface area contributed by atoms with Crippen LogP contribution in [-0.2, 0) is 38.1 Å². The molecule has 9 nitrogen and oxygen atoms in total. The van der Waals surface area contributed by atoms with Gasteiger partial charge in [-0.25, -0.2) is 4.79 Å². The summed E-state index contributed by atoms with van der Waals surface area (Å²) < 4.78 is 107. The number of methoxy groups -OCH3 is 1. The highest BCUT2D eigenvalue weighted by Gasteiger charge is 2.72. The van der Waals surface area contributed by atoms with E-state index in [1.807, 2.05) is 0 Å². The Morgan fingerprint density at radius 2 is 1.24 bits per heavy atom. The van der Waals surface area contributed by atoms with E-state index in [1.165, 1.54) is 13.8 Å². The topological polar surface area (TPSA) is 114 Å². The maximum absolute atomic E-state index is 14.3. The van der Waals surface area contributed by atoms with Crippen molar-refractivity contribution in [3.63, 3.8) is 0 Å². The van der Waals surface area contributed by atoms with Gasteiger partial charge in [-0.1, -0.05) is 46.3 Å². The van der Waals surface area contributed by atoms with Crippen molar-refractivity contribution in [3.8, 4) is 0 Å². The predicted octanol–water partition coefficient (Wildman–Crippen LogP) is 5.88. The van der Waals surface area contributed by atoms with E-state index in [-0.39, 0.29) is 6.42 Å². The van der Waals surface area contributed by atoms with E-state index in [2.05, 4.69) is 39.6 Å². The van der Waals surface area contributed by atoms with E-state index < -0.39 is 83.9 Å². The lowest BCUT2D eigenvalue weighted by atomic mass is 9.86. The summed E-state index contributed by atoms with van der Waals surface area (Å²) in [5.41, 5.74) is -2.60. The third-order valence-corrected chi connectivity index (χ3v) is 6.71. The van der Waals surface area contributed by atoms with Gasteiger partial charge in [0.15, 0.2) is 13.2 Å². The molecule has 1 aromatic rings. The van der Waals surface area contributed by atoms with Gasteiger partial charge >= 0.3 is 41.8 Å². The molecule has 1 aromatic carbocycles. The molecule has 0 aliphatic rings. The molecule has 0 amide bonds. The Hall–Kier alpha value is -3.04. The summed E-state index contributed by atoms with van der Waals surface area (Å²) in [7, 11) is 0.941. The summed E-state index contributed by atoms with van der Waals surface area (Å²) in [4.78, 5) is 46.6. The van der Waals surface area contributed by atoms with Gasteiger partial charge in [0, 0.05) is 11.8 Å². The Morgan fingerprint density at radius 1 is 0.762 bits per heavy atom. The van der Waals surface area contributed by atoms with Crippen molar-refractivity contribution in [1.29, 1.82) is 0 Å². The lowest BCUT2D eigenvalue weighted by molar-refractivity contribution is -0.324. The van der Waals surface area contributed by atoms with E-state index in [0.29, 0.717) is 0 Å². The Morgan fingerprint density at radius 3 is 1.74 bits per heavy atom. The summed E-state index contributed by atoms with van der Waals surface area (Å²) in [6, 6.07) is 8.61. The minimum Gasteiger partial charge on any atom is -0.468 e. The second kappa shape index (κ2) is 14.4. The van der Waals surface area contributed by atoms with Crippen LogP contribution in [0.25, 0.3) is 0 Å². The number of halogens is 7. The normalized spacial score (nSPS) is 14.7. The van der Waals surface area contributed by atoms with E-state index in [9.17, 15) is 45.5 Å². The Balaban J connectivity index is 2.80. The van der Waals surface area contributed by atoms with Crippen LogP contribution in [-0.4, -0.2) is 75.4 Å². The van der Waals surface area contributed by atoms with Crippen LogP contribution in [0.5, 0.6) is 0 Å². The molecule has 238 valence electrons. The van der Waals surface area contributed by atoms with Crippen molar-refractivity contribution in [3.05, 3.63) is 35.9 Å². The molecule has 0 bridgehead atoms. The molecular weight excluding hydrogens is 650 g/mol. The molecule has 0 aromatic heterocycles. The molecule has 0 saturated heterocycles. The third kappa shape index (κ3) is 9.76. The molecule has 2 unspecified atom stereocenters. The first-order chi connectivity index (χ1) is 19.1. The van der Waals surface area contributed by atoms with Crippen LogP contribution in [0.4, 0.5) is 31.1 Å². The molecule has 0 aliphatic carbocycles. The number of carbonyl (C=O) groups is 4. The maximum atomic E-state index is 14.3. The van der Waals surface area contributed by atoms with Gasteiger partial charge in [-0.2, -0.15) is 26.3 Å². The summed E-state index contributed by atoms with van der Waals surface area (Å²) in [6.45, 7) is -1.92. The number of hydrogen-bond acceptors (Lipinski definition) is 9. The molecule has 1 rings (SSSR count). The Kier molecular flexibility index (Phi) is 12.7. The standard InChI is InChI=1S/C26H31BrF6O9/c1-16(34)39-12-23(4,20(36)38-5)13-41-21(37)42-15-25(30,31)26(32,33)24(28,29)14-40-19(35)22(2,3)11-18(27)17-9-7-6-8-10-17/h6-10,18H,11-15H2,1-5H3. The minimum absolute atomic E-state index is 0.0141. The van der Waals surface area contributed by atoms with Crippen molar-refractivity contribution < 1.29 is 69.2 Å². The van der Waals surface area contributed by atoms with Gasteiger partial charge in [0.2, 0.25) is 0 Å². The SMILES string of the molecule is COC(=O)C(C)(COC(C)=O)COC(=O)OCC(F)(F)C(F)(F)C(F)(F)COC(=O)C(C)(C)CC(Br)c1ccccc1. The lowest BCUT2D eigenvalue weighted by Crippen LogP contribution is -2.58. The maximum Gasteiger partial charge on any atom is 0.508 e. The number of ether oxygens (including phenoxy) is 5. The van der Waals surface area contributed by atoms with Crippen LogP contribution in [0.15, 0.2) is 30.3 Å². The van der Waals surface area contributed by atoms with Crippen molar-refractivity contribution in [2.24, 2.45) is 10.8 Å². The van der Waals surface area contributed by atoms with Crippen LogP contribution in [0.3, 0.4) is 0 Å². The highest BCUT2D eigenvalue weighted by molar-refractivity contribution is 9.09. The zero-order valence-corrected chi connectivity index (χ0v) is 24.9. The predicted molar refractivity (Wildman–Crippen MR) is 136 cm³/mol. The van der Waals surface area contributed by atoms with Crippen LogP contribution < -0.4 is 0 Å². The van der Waals surface area contributed by atoms with Gasteiger partial charge in [0.25, 0.3) is 0 Å². The van der Waals surface area contributed by atoms with E-state index in [1.54, 1.807) is 30.3 Å². The van der Waals surface area contributed by atoms with Crippen LogP contribution in [0, 0.1) is 10.8 Å². The molecular formula is C26H31BrF6O9. The fourth-order valence-corrected chi connectivity index (χ4v) is 4.30. The summed E-state index contributed by atoms with van der Waals surface area (Å²) in [5, 5.41) is 0. The Bertz CT molecular complexity index is 1100. The summed E-state index contributed by atoms with van der Waals surface area (Å²) in [6.07, 6.45) is -2.04. The average Bonchev–Trinajstić information content (AvgIpc) is 2.92. The highest BCUT2D eigenvalue weighted by atomic mass is 79.9. The van der Waals surface area contributed by atoms with Crippen molar-refractivity contribution in [2.75, 3.05) is 33.5 Å². The first-order valence-corrected chi connectivity index (χ1v) is 13.0. The van der Waals surface area contributed by atoms with Crippen molar-refractivity contribution >= 4 is 40.0 Å². The van der Waals surface area contributed by atoms with E-state index in [4.69, 9.17) is 0 Å². The minimum atomic E-state index is -6.15.